The summed E-state index contributed by atoms with van der Waals surface area (Å²) in [7, 11) is 5.66. The molecule has 2 rings (SSSR count). The van der Waals surface area contributed by atoms with Crippen molar-refractivity contribution in [2.75, 3.05) is 26.1 Å². The van der Waals surface area contributed by atoms with Crippen LogP contribution in [0.2, 0.25) is 0 Å². The molecule has 0 saturated heterocycles. The molecule has 110 valence electrons. The summed E-state index contributed by atoms with van der Waals surface area (Å²) >= 11 is 0. The van der Waals surface area contributed by atoms with E-state index in [1.807, 2.05) is 38.4 Å². The number of nitrogens with zero attached hydrogens (tertiary/aromatic N) is 1. The molecule has 0 spiro atoms. The summed E-state index contributed by atoms with van der Waals surface area (Å²) in [6, 6.07) is 16.0. The van der Waals surface area contributed by atoms with E-state index in [9.17, 15) is 4.79 Å². The van der Waals surface area contributed by atoms with Crippen LogP contribution in [0, 0.1) is 0 Å². The molecule has 1 unspecified atom stereocenters. The third kappa shape index (κ3) is 3.63. The van der Waals surface area contributed by atoms with Gasteiger partial charge in [0.15, 0.2) is 0 Å². The average Bonchev–Trinajstić information content (AvgIpc) is 2.53. The van der Waals surface area contributed by atoms with Crippen molar-refractivity contribution in [3.05, 3.63) is 59.7 Å². The van der Waals surface area contributed by atoms with E-state index in [1.165, 1.54) is 0 Å². The van der Waals surface area contributed by atoms with Crippen molar-refractivity contribution >= 4 is 12.0 Å². The lowest BCUT2D eigenvalue weighted by atomic mass is 9.92. The van der Waals surface area contributed by atoms with Gasteiger partial charge in [0, 0.05) is 31.3 Å². The highest BCUT2D eigenvalue weighted by molar-refractivity contribution is 5.65. The number of rotatable bonds is 6. The van der Waals surface area contributed by atoms with E-state index in [2.05, 4.69) is 29.2 Å². The molecule has 1 atom stereocenters. The molecule has 0 amide bonds. The number of anilines is 1. The Hall–Kier alpha value is -2.29. The molecule has 0 aliphatic rings. The Kier molecular flexibility index (Phi) is 4.99. The first-order chi connectivity index (χ1) is 10.2. The summed E-state index contributed by atoms with van der Waals surface area (Å²) in [5.41, 5.74) is 3.23. The van der Waals surface area contributed by atoms with Crippen LogP contribution in [0.3, 0.4) is 0 Å². The summed E-state index contributed by atoms with van der Waals surface area (Å²) in [4.78, 5) is 13.5. The summed E-state index contributed by atoms with van der Waals surface area (Å²) in [5.74, 6) is 0.575. The molecule has 2 aromatic carbocycles. The lowest BCUT2D eigenvalue weighted by molar-refractivity contribution is -0.109. The van der Waals surface area contributed by atoms with E-state index >= 15 is 0 Å². The largest absolute Gasteiger partial charge is 0.496 e. The Labute approximate surface area is 126 Å². The predicted molar refractivity (Wildman–Crippen MR) is 86.3 cm³/mol. The number of carbonyl (C=O) groups is 1. The molecule has 0 N–H and O–H groups in total. The molecule has 0 fully saturated rings. The van der Waals surface area contributed by atoms with Crippen LogP contribution in [0.5, 0.6) is 5.75 Å². The molecule has 0 aliphatic heterocycles. The first kappa shape index (κ1) is 15.1. The molecule has 0 aromatic heterocycles. The van der Waals surface area contributed by atoms with Crippen molar-refractivity contribution in [1.29, 1.82) is 0 Å². The third-order valence-corrected chi connectivity index (χ3v) is 3.61. The van der Waals surface area contributed by atoms with Gasteiger partial charge in [-0.15, -0.1) is 0 Å². The van der Waals surface area contributed by atoms with Gasteiger partial charge in [0.1, 0.15) is 12.0 Å². The zero-order valence-corrected chi connectivity index (χ0v) is 12.7. The molecular weight excluding hydrogens is 262 g/mol. The van der Waals surface area contributed by atoms with E-state index in [4.69, 9.17) is 4.74 Å². The van der Waals surface area contributed by atoms with Gasteiger partial charge in [0.05, 0.1) is 7.11 Å². The molecule has 3 heteroatoms. The number of para-hydroxylation sites is 1. The SMILES string of the molecule is COc1ccccc1C(C=O)Cc1ccc(N(C)C)cc1. The van der Waals surface area contributed by atoms with Crippen LogP contribution in [-0.4, -0.2) is 27.5 Å². The Bertz CT molecular complexity index is 590. The maximum atomic E-state index is 11.5. The van der Waals surface area contributed by atoms with Crippen LogP contribution in [0.4, 0.5) is 5.69 Å². The van der Waals surface area contributed by atoms with Gasteiger partial charge >= 0.3 is 0 Å². The van der Waals surface area contributed by atoms with E-state index in [-0.39, 0.29) is 5.92 Å². The smallest absolute Gasteiger partial charge is 0.127 e. The van der Waals surface area contributed by atoms with Crippen LogP contribution < -0.4 is 9.64 Å². The average molecular weight is 283 g/mol. The number of hydrogen-bond acceptors (Lipinski definition) is 3. The zero-order valence-electron chi connectivity index (χ0n) is 12.7. The van der Waals surface area contributed by atoms with Crippen molar-refractivity contribution in [2.45, 2.75) is 12.3 Å². The van der Waals surface area contributed by atoms with E-state index in [0.29, 0.717) is 6.42 Å². The van der Waals surface area contributed by atoms with Crippen LogP contribution in [0.1, 0.15) is 17.0 Å². The van der Waals surface area contributed by atoms with Crippen LogP contribution in [0.15, 0.2) is 48.5 Å². The van der Waals surface area contributed by atoms with Gasteiger partial charge in [-0.1, -0.05) is 30.3 Å². The fourth-order valence-electron chi connectivity index (χ4n) is 2.39. The normalized spacial score (nSPS) is 11.8. The van der Waals surface area contributed by atoms with Crippen LogP contribution in [-0.2, 0) is 11.2 Å². The topological polar surface area (TPSA) is 29.5 Å². The Morgan fingerprint density at radius 2 is 1.76 bits per heavy atom. The molecule has 0 heterocycles. The number of methoxy groups -OCH3 is 1. The summed E-state index contributed by atoms with van der Waals surface area (Å²) < 4.78 is 5.35. The second-order valence-corrected chi connectivity index (χ2v) is 5.25. The fraction of sp³-hybridized carbons (Fsp3) is 0.278. The maximum Gasteiger partial charge on any atom is 0.127 e. The van der Waals surface area contributed by atoms with E-state index in [0.717, 1.165) is 28.8 Å². The van der Waals surface area contributed by atoms with Crippen LogP contribution >= 0.6 is 0 Å². The lowest BCUT2D eigenvalue weighted by Crippen LogP contribution is -2.09. The maximum absolute atomic E-state index is 11.5. The quantitative estimate of drug-likeness (QED) is 0.762. The minimum atomic E-state index is -0.189. The van der Waals surface area contributed by atoms with Gasteiger partial charge in [-0.3, -0.25) is 0 Å². The summed E-state index contributed by atoms with van der Waals surface area (Å²) in [6.07, 6.45) is 1.68. The highest BCUT2D eigenvalue weighted by Gasteiger charge is 2.15. The first-order valence-corrected chi connectivity index (χ1v) is 7.00. The minimum absolute atomic E-state index is 0.189. The molecule has 0 bridgehead atoms. The molecule has 0 radical (unpaired) electrons. The number of aldehydes is 1. The monoisotopic (exact) mass is 283 g/mol. The third-order valence-electron chi connectivity index (χ3n) is 3.61. The number of carbonyl (C=O) groups excluding carboxylic acids is 1. The zero-order chi connectivity index (χ0) is 15.2. The van der Waals surface area contributed by atoms with E-state index < -0.39 is 0 Å². The molecule has 2 aromatic rings. The highest BCUT2D eigenvalue weighted by Crippen LogP contribution is 2.28. The Morgan fingerprint density at radius 1 is 1.10 bits per heavy atom. The number of hydrogen-bond donors (Lipinski definition) is 0. The Balaban J connectivity index is 2.21. The Morgan fingerprint density at radius 3 is 2.33 bits per heavy atom. The van der Waals surface area contributed by atoms with Crippen molar-refractivity contribution in [2.24, 2.45) is 0 Å². The highest BCUT2D eigenvalue weighted by atomic mass is 16.5. The van der Waals surface area contributed by atoms with Crippen molar-refractivity contribution in [1.82, 2.24) is 0 Å². The van der Waals surface area contributed by atoms with Gasteiger partial charge < -0.3 is 14.4 Å². The summed E-state index contributed by atoms with van der Waals surface area (Å²) in [5, 5.41) is 0. The fourth-order valence-corrected chi connectivity index (χ4v) is 2.39. The van der Waals surface area contributed by atoms with Gasteiger partial charge in [0.25, 0.3) is 0 Å². The standard InChI is InChI=1S/C18H21NO2/c1-19(2)16-10-8-14(9-11-16)12-15(13-20)17-6-4-5-7-18(17)21-3/h4-11,13,15H,12H2,1-3H3. The second-order valence-electron chi connectivity index (χ2n) is 5.25. The second kappa shape index (κ2) is 6.93. The van der Waals surface area contributed by atoms with Crippen LogP contribution in [0.25, 0.3) is 0 Å². The predicted octanol–water partition coefficient (Wildman–Crippen LogP) is 3.29. The van der Waals surface area contributed by atoms with Crippen molar-refractivity contribution in [3.63, 3.8) is 0 Å². The number of ether oxygens (including phenoxy) is 1. The van der Waals surface area contributed by atoms with Gasteiger partial charge in [-0.25, -0.2) is 0 Å². The molecule has 0 aliphatic carbocycles. The van der Waals surface area contributed by atoms with Crippen molar-refractivity contribution < 1.29 is 9.53 Å². The molecule has 3 nitrogen and oxygen atoms in total. The lowest BCUT2D eigenvalue weighted by Gasteiger charge is -2.16. The van der Waals surface area contributed by atoms with Gasteiger partial charge in [-0.2, -0.15) is 0 Å². The first-order valence-electron chi connectivity index (χ1n) is 7.00. The molecule has 0 saturated carbocycles. The van der Waals surface area contributed by atoms with Gasteiger partial charge in [0.2, 0.25) is 0 Å². The molecular formula is C18H21NO2. The summed E-state index contributed by atoms with van der Waals surface area (Å²) in [6.45, 7) is 0. The van der Waals surface area contributed by atoms with Crippen molar-refractivity contribution in [3.8, 4) is 5.75 Å². The number of benzene rings is 2. The minimum Gasteiger partial charge on any atom is -0.496 e. The van der Waals surface area contributed by atoms with E-state index in [1.54, 1.807) is 7.11 Å². The molecule has 21 heavy (non-hydrogen) atoms. The van der Waals surface area contributed by atoms with Gasteiger partial charge in [-0.05, 0) is 30.2 Å².